The largest absolute Gasteiger partial charge is 0.489 e. The fourth-order valence-corrected chi connectivity index (χ4v) is 2.88. The van der Waals surface area contributed by atoms with Crippen molar-refractivity contribution in [1.82, 2.24) is 5.32 Å². The van der Waals surface area contributed by atoms with Gasteiger partial charge in [-0.25, -0.2) is 8.78 Å². The van der Waals surface area contributed by atoms with Crippen molar-refractivity contribution in [3.8, 4) is 5.75 Å². The molecule has 0 bridgehead atoms. The van der Waals surface area contributed by atoms with E-state index in [9.17, 15) is 18.4 Å². The highest BCUT2D eigenvalue weighted by Gasteiger charge is 2.34. The molecule has 1 fully saturated rings. The highest BCUT2D eigenvalue weighted by molar-refractivity contribution is 6.00. The lowest BCUT2D eigenvalue weighted by molar-refractivity contribution is -0.125. The molecule has 2 aromatic rings. The molecule has 0 spiro atoms. The molecule has 1 aliphatic rings. The molecule has 136 valence electrons. The first-order valence-electron chi connectivity index (χ1n) is 8.17. The number of anilines is 1. The van der Waals surface area contributed by atoms with E-state index in [0.717, 1.165) is 0 Å². The second-order valence-electron chi connectivity index (χ2n) is 6.00. The third kappa shape index (κ3) is 3.66. The van der Waals surface area contributed by atoms with E-state index in [0.29, 0.717) is 18.0 Å². The van der Waals surface area contributed by atoms with Gasteiger partial charge in [0.2, 0.25) is 11.8 Å². The monoisotopic (exact) mass is 360 g/mol. The fraction of sp³-hybridized carbons (Fsp3) is 0.263. The van der Waals surface area contributed by atoms with Crippen LogP contribution in [0, 0.1) is 17.6 Å². The van der Waals surface area contributed by atoms with Crippen LogP contribution in [0.3, 0.4) is 0 Å². The lowest BCUT2D eigenvalue weighted by Gasteiger charge is -2.17. The van der Waals surface area contributed by atoms with Crippen LogP contribution in [-0.4, -0.2) is 25.4 Å². The number of rotatable bonds is 5. The topological polar surface area (TPSA) is 58.6 Å². The van der Waals surface area contributed by atoms with E-state index in [2.05, 4.69) is 5.32 Å². The number of hydrogen-bond acceptors (Lipinski definition) is 3. The zero-order chi connectivity index (χ0) is 18.7. The summed E-state index contributed by atoms with van der Waals surface area (Å²) in [5.74, 6) is -1.55. The minimum absolute atomic E-state index is 0.124. The van der Waals surface area contributed by atoms with Gasteiger partial charge in [0.05, 0.1) is 11.5 Å². The van der Waals surface area contributed by atoms with Gasteiger partial charge in [-0.3, -0.25) is 9.59 Å². The molecule has 1 heterocycles. The van der Waals surface area contributed by atoms with Crippen LogP contribution in [0.25, 0.3) is 0 Å². The summed E-state index contributed by atoms with van der Waals surface area (Å²) in [6.45, 7) is 0.0817. The van der Waals surface area contributed by atoms with Crippen molar-refractivity contribution in [2.45, 2.75) is 13.0 Å². The molecule has 1 aliphatic heterocycles. The molecule has 0 aliphatic carbocycles. The Morgan fingerprint density at radius 3 is 2.46 bits per heavy atom. The van der Waals surface area contributed by atoms with E-state index in [1.165, 1.54) is 18.2 Å². The SMILES string of the molecule is CNC(=O)[C@@H]1CC(=O)N(c2ccc(OCc3c(F)cccc3F)cc2)C1. The molecular weight excluding hydrogens is 342 g/mol. The van der Waals surface area contributed by atoms with Crippen molar-refractivity contribution in [2.24, 2.45) is 5.92 Å². The third-order valence-corrected chi connectivity index (χ3v) is 4.34. The Balaban J connectivity index is 1.66. The molecular formula is C19H18F2N2O3. The van der Waals surface area contributed by atoms with Gasteiger partial charge in [-0.05, 0) is 36.4 Å². The van der Waals surface area contributed by atoms with Gasteiger partial charge in [0.1, 0.15) is 24.0 Å². The van der Waals surface area contributed by atoms with Crippen molar-refractivity contribution in [3.63, 3.8) is 0 Å². The molecule has 26 heavy (non-hydrogen) atoms. The minimum Gasteiger partial charge on any atom is -0.489 e. The number of nitrogens with one attached hydrogen (secondary N) is 1. The van der Waals surface area contributed by atoms with Crippen molar-refractivity contribution in [1.29, 1.82) is 0 Å². The van der Waals surface area contributed by atoms with Crippen LogP contribution in [0.5, 0.6) is 5.75 Å². The molecule has 0 aromatic heterocycles. The summed E-state index contributed by atoms with van der Waals surface area (Å²) in [7, 11) is 1.54. The van der Waals surface area contributed by atoms with Gasteiger partial charge in [-0.2, -0.15) is 0 Å². The average molecular weight is 360 g/mol. The Hall–Kier alpha value is -2.96. The summed E-state index contributed by atoms with van der Waals surface area (Å²) in [5.41, 5.74) is 0.505. The Bertz CT molecular complexity index is 804. The molecule has 1 saturated heterocycles. The molecule has 0 radical (unpaired) electrons. The van der Waals surface area contributed by atoms with Gasteiger partial charge in [-0.1, -0.05) is 6.07 Å². The fourth-order valence-electron chi connectivity index (χ4n) is 2.88. The number of amides is 2. The second-order valence-corrected chi connectivity index (χ2v) is 6.00. The predicted octanol–water partition coefficient (Wildman–Crippen LogP) is 2.64. The van der Waals surface area contributed by atoms with E-state index in [1.54, 1.807) is 36.2 Å². The van der Waals surface area contributed by atoms with Gasteiger partial charge in [0, 0.05) is 25.7 Å². The van der Waals surface area contributed by atoms with E-state index in [1.807, 2.05) is 0 Å². The van der Waals surface area contributed by atoms with Gasteiger partial charge < -0.3 is 15.0 Å². The van der Waals surface area contributed by atoms with Crippen molar-refractivity contribution in [3.05, 3.63) is 59.7 Å². The van der Waals surface area contributed by atoms with Crippen LogP contribution in [0.15, 0.2) is 42.5 Å². The quantitative estimate of drug-likeness (QED) is 0.892. The molecule has 2 amide bonds. The molecule has 0 saturated carbocycles. The zero-order valence-electron chi connectivity index (χ0n) is 14.2. The average Bonchev–Trinajstić information content (AvgIpc) is 3.03. The summed E-state index contributed by atoms with van der Waals surface area (Å²) in [4.78, 5) is 25.3. The maximum atomic E-state index is 13.6. The number of ether oxygens (including phenoxy) is 1. The van der Waals surface area contributed by atoms with Crippen molar-refractivity contribution >= 4 is 17.5 Å². The molecule has 1 atom stereocenters. The Labute approximate surface area is 149 Å². The van der Waals surface area contributed by atoms with Crippen LogP contribution >= 0.6 is 0 Å². The predicted molar refractivity (Wildman–Crippen MR) is 91.7 cm³/mol. The number of halogens is 2. The van der Waals surface area contributed by atoms with Gasteiger partial charge in [0.25, 0.3) is 0 Å². The molecule has 7 heteroatoms. The Morgan fingerprint density at radius 1 is 1.19 bits per heavy atom. The lowest BCUT2D eigenvalue weighted by Crippen LogP contribution is -2.30. The van der Waals surface area contributed by atoms with Crippen molar-refractivity contribution in [2.75, 3.05) is 18.5 Å². The second kappa shape index (κ2) is 7.51. The summed E-state index contributed by atoms with van der Waals surface area (Å²) in [5, 5.41) is 2.55. The Kier molecular flexibility index (Phi) is 5.16. The highest BCUT2D eigenvalue weighted by atomic mass is 19.1. The van der Waals surface area contributed by atoms with Crippen LogP contribution in [0.1, 0.15) is 12.0 Å². The maximum Gasteiger partial charge on any atom is 0.227 e. The van der Waals surface area contributed by atoms with E-state index >= 15 is 0 Å². The van der Waals surface area contributed by atoms with Gasteiger partial charge in [-0.15, -0.1) is 0 Å². The van der Waals surface area contributed by atoms with Gasteiger partial charge in [0.15, 0.2) is 0 Å². The third-order valence-electron chi connectivity index (χ3n) is 4.34. The standard InChI is InChI=1S/C19H18F2N2O3/c1-22-19(25)12-9-18(24)23(10-12)13-5-7-14(8-6-13)26-11-15-16(20)3-2-4-17(15)21/h2-8,12H,9-11H2,1H3,(H,22,25)/t12-/m1/s1. The number of carbonyl (C=O) groups is 2. The summed E-state index contributed by atoms with van der Waals surface area (Å²) in [6.07, 6.45) is 0.171. The molecule has 3 rings (SSSR count). The molecule has 0 unspecified atom stereocenters. The smallest absolute Gasteiger partial charge is 0.227 e. The first-order valence-corrected chi connectivity index (χ1v) is 8.17. The van der Waals surface area contributed by atoms with E-state index < -0.39 is 11.6 Å². The molecule has 2 aromatic carbocycles. The van der Waals surface area contributed by atoms with Crippen LogP contribution in [-0.2, 0) is 16.2 Å². The number of carbonyl (C=O) groups excluding carboxylic acids is 2. The highest BCUT2D eigenvalue weighted by Crippen LogP contribution is 2.27. The first-order chi connectivity index (χ1) is 12.5. The molecule has 5 nitrogen and oxygen atoms in total. The Morgan fingerprint density at radius 2 is 1.85 bits per heavy atom. The van der Waals surface area contributed by atoms with Gasteiger partial charge >= 0.3 is 0 Å². The summed E-state index contributed by atoms with van der Waals surface area (Å²) >= 11 is 0. The number of nitrogens with zero attached hydrogens (tertiary/aromatic N) is 1. The molecule has 1 N–H and O–H groups in total. The van der Waals surface area contributed by atoms with E-state index in [4.69, 9.17) is 4.74 Å². The van der Waals surface area contributed by atoms with Crippen LogP contribution in [0.4, 0.5) is 14.5 Å². The summed E-state index contributed by atoms with van der Waals surface area (Å²) < 4.78 is 32.6. The lowest BCUT2D eigenvalue weighted by atomic mass is 10.1. The van der Waals surface area contributed by atoms with Crippen LogP contribution < -0.4 is 15.0 Å². The normalized spacial score (nSPS) is 16.7. The number of benzene rings is 2. The van der Waals surface area contributed by atoms with E-state index in [-0.39, 0.29) is 36.3 Å². The maximum absolute atomic E-state index is 13.6. The zero-order valence-corrected chi connectivity index (χ0v) is 14.2. The number of hydrogen-bond donors (Lipinski definition) is 1. The minimum atomic E-state index is -0.662. The first kappa shape index (κ1) is 17.8. The van der Waals surface area contributed by atoms with Crippen molar-refractivity contribution < 1.29 is 23.1 Å². The van der Waals surface area contributed by atoms with Crippen LogP contribution in [0.2, 0.25) is 0 Å². The summed E-state index contributed by atoms with van der Waals surface area (Å²) in [6, 6.07) is 10.2.